The summed E-state index contributed by atoms with van der Waals surface area (Å²) in [6, 6.07) is 9.36. The standard InChI is InChI=1S/C23H28Cl2FN3O4S/c1-4-12-27-23(31)21(5-2)28(14-16-6-8-17(24)9-7-16)22(30)15-29(34(3,32)33)18-10-11-20(26)19(25)13-18/h6-11,13,21H,4-5,12,14-15H2,1-3H3,(H,27,31). The summed E-state index contributed by atoms with van der Waals surface area (Å²) in [6.07, 6.45) is 1.98. The highest BCUT2D eigenvalue weighted by molar-refractivity contribution is 7.92. The van der Waals surface area contributed by atoms with E-state index in [-0.39, 0.29) is 23.2 Å². The molecule has 11 heteroatoms. The fourth-order valence-electron chi connectivity index (χ4n) is 3.33. The van der Waals surface area contributed by atoms with E-state index in [1.165, 1.54) is 11.0 Å². The SMILES string of the molecule is CCCNC(=O)C(CC)N(Cc1ccc(Cl)cc1)C(=O)CN(c1ccc(F)c(Cl)c1)S(C)(=O)=O. The van der Waals surface area contributed by atoms with Crippen molar-refractivity contribution in [3.8, 4) is 0 Å². The Morgan fingerprint density at radius 3 is 2.26 bits per heavy atom. The zero-order chi connectivity index (χ0) is 25.5. The molecule has 0 aliphatic carbocycles. The first-order valence-corrected chi connectivity index (χ1v) is 13.3. The van der Waals surface area contributed by atoms with E-state index in [0.717, 1.165) is 34.7 Å². The predicted molar refractivity (Wildman–Crippen MR) is 133 cm³/mol. The van der Waals surface area contributed by atoms with E-state index in [1.54, 1.807) is 31.2 Å². The van der Waals surface area contributed by atoms with Gasteiger partial charge in [0.15, 0.2) is 0 Å². The van der Waals surface area contributed by atoms with E-state index in [9.17, 15) is 22.4 Å². The van der Waals surface area contributed by atoms with Gasteiger partial charge in [-0.1, -0.05) is 49.2 Å². The Kier molecular flexibility index (Phi) is 10.1. The zero-order valence-electron chi connectivity index (χ0n) is 19.2. The van der Waals surface area contributed by atoms with Gasteiger partial charge in [0.1, 0.15) is 18.4 Å². The smallest absolute Gasteiger partial charge is 0.244 e. The maximum absolute atomic E-state index is 13.6. The third-order valence-electron chi connectivity index (χ3n) is 5.07. The number of halogens is 3. The molecule has 1 N–H and O–H groups in total. The Balaban J connectivity index is 2.43. The Labute approximate surface area is 209 Å². The molecule has 1 unspecified atom stereocenters. The van der Waals surface area contributed by atoms with Gasteiger partial charge in [0.05, 0.1) is 17.0 Å². The molecule has 2 aromatic rings. The van der Waals surface area contributed by atoms with Gasteiger partial charge in [-0.05, 0) is 48.7 Å². The Bertz CT molecular complexity index is 1110. The lowest BCUT2D eigenvalue weighted by Crippen LogP contribution is -2.52. The number of rotatable bonds is 11. The highest BCUT2D eigenvalue weighted by atomic mass is 35.5. The maximum Gasteiger partial charge on any atom is 0.244 e. The molecule has 34 heavy (non-hydrogen) atoms. The highest BCUT2D eigenvalue weighted by Gasteiger charge is 2.31. The fraction of sp³-hybridized carbons (Fsp3) is 0.391. The molecule has 0 bridgehead atoms. The highest BCUT2D eigenvalue weighted by Crippen LogP contribution is 2.25. The maximum atomic E-state index is 13.6. The average Bonchev–Trinajstić information content (AvgIpc) is 2.78. The van der Waals surface area contributed by atoms with Gasteiger partial charge in [-0.3, -0.25) is 13.9 Å². The molecule has 0 fully saturated rings. The van der Waals surface area contributed by atoms with Crippen molar-refractivity contribution < 1.29 is 22.4 Å². The van der Waals surface area contributed by atoms with Crippen molar-refractivity contribution in [3.05, 3.63) is 63.9 Å². The summed E-state index contributed by atoms with van der Waals surface area (Å²) in [5, 5.41) is 3.04. The normalized spacial score (nSPS) is 12.2. The summed E-state index contributed by atoms with van der Waals surface area (Å²) < 4.78 is 39.5. The first-order chi connectivity index (χ1) is 16.0. The van der Waals surface area contributed by atoms with Gasteiger partial charge >= 0.3 is 0 Å². The molecule has 0 saturated carbocycles. The van der Waals surface area contributed by atoms with Crippen LogP contribution >= 0.6 is 23.2 Å². The van der Waals surface area contributed by atoms with Crippen LogP contribution < -0.4 is 9.62 Å². The van der Waals surface area contributed by atoms with Gasteiger partial charge in [0.25, 0.3) is 0 Å². The first kappa shape index (κ1) is 27.9. The van der Waals surface area contributed by atoms with E-state index < -0.39 is 34.3 Å². The van der Waals surface area contributed by atoms with Gasteiger partial charge in [-0.15, -0.1) is 0 Å². The number of carbonyl (C=O) groups excluding carboxylic acids is 2. The molecule has 0 saturated heterocycles. The molecule has 0 aliphatic rings. The Hall–Kier alpha value is -2.36. The van der Waals surface area contributed by atoms with E-state index >= 15 is 0 Å². The van der Waals surface area contributed by atoms with Crippen LogP contribution in [0.15, 0.2) is 42.5 Å². The summed E-state index contributed by atoms with van der Waals surface area (Å²) in [5.74, 6) is -1.64. The molecule has 0 radical (unpaired) electrons. The molecule has 1 atom stereocenters. The molecule has 2 aromatic carbocycles. The van der Waals surface area contributed by atoms with Crippen LogP contribution in [-0.4, -0.2) is 50.5 Å². The van der Waals surface area contributed by atoms with Crippen molar-refractivity contribution in [2.45, 2.75) is 39.3 Å². The van der Waals surface area contributed by atoms with E-state index in [0.29, 0.717) is 18.0 Å². The second kappa shape index (κ2) is 12.4. The van der Waals surface area contributed by atoms with Gasteiger partial charge in [0, 0.05) is 18.1 Å². The van der Waals surface area contributed by atoms with Gasteiger partial charge in [-0.25, -0.2) is 12.8 Å². The average molecular weight is 532 g/mol. The molecule has 0 spiro atoms. The van der Waals surface area contributed by atoms with Crippen LogP contribution in [0.1, 0.15) is 32.3 Å². The number of anilines is 1. The van der Waals surface area contributed by atoms with Gasteiger partial charge < -0.3 is 10.2 Å². The first-order valence-electron chi connectivity index (χ1n) is 10.7. The van der Waals surface area contributed by atoms with Crippen LogP contribution in [0.3, 0.4) is 0 Å². The minimum absolute atomic E-state index is 0.0391. The number of carbonyl (C=O) groups is 2. The number of hydrogen-bond acceptors (Lipinski definition) is 4. The number of amides is 2. The van der Waals surface area contributed by atoms with E-state index in [4.69, 9.17) is 23.2 Å². The second-order valence-corrected chi connectivity index (χ2v) is 10.5. The molecule has 7 nitrogen and oxygen atoms in total. The van der Waals surface area contributed by atoms with Crippen LogP contribution in [0.4, 0.5) is 10.1 Å². The zero-order valence-corrected chi connectivity index (χ0v) is 21.6. The van der Waals surface area contributed by atoms with Crippen molar-refractivity contribution in [3.63, 3.8) is 0 Å². The van der Waals surface area contributed by atoms with Crippen molar-refractivity contribution >= 4 is 50.7 Å². The van der Waals surface area contributed by atoms with Crippen LogP contribution in [0, 0.1) is 5.82 Å². The quantitative estimate of drug-likeness (QED) is 0.469. The summed E-state index contributed by atoms with van der Waals surface area (Å²) in [6.45, 7) is 3.60. The van der Waals surface area contributed by atoms with Crippen LogP contribution in [0.2, 0.25) is 10.0 Å². The molecule has 2 amide bonds. The largest absolute Gasteiger partial charge is 0.354 e. The molecular formula is C23H28Cl2FN3O4S. The van der Waals surface area contributed by atoms with Crippen LogP contribution in [-0.2, 0) is 26.2 Å². The topological polar surface area (TPSA) is 86.8 Å². The number of nitrogens with one attached hydrogen (secondary N) is 1. The van der Waals surface area contributed by atoms with Crippen LogP contribution in [0.25, 0.3) is 0 Å². The minimum Gasteiger partial charge on any atom is -0.354 e. The van der Waals surface area contributed by atoms with Crippen molar-refractivity contribution in [1.82, 2.24) is 10.2 Å². The van der Waals surface area contributed by atoms with Gasteiger partial charge in [-0.2, -0.15) is 0 Å². The van der Waals surface area contributed by atoms with Crippen LogP contribution in [0.5, 0.6) is 0 Å². The third-order valence-corrected chi connectivity index (χ3v) is 6.75. The number of hydrogen-bond donors (Lipinski definition) is 1. The lowest BCUT2D eigenvalue weighted by atomic mass is 10.1. The number of sulfonamides is 1. The predicted octanol–water partition coefficient (Wildman–Crippen LogP) is 4.23. The summed E-state index contributed by atoms with van der Waals surface area (Å²) in [7, 11) is -3.93. The van der Waals surface area contributed by atoms with Gasteiger partial charge in [0.2, 0.25) is 21.8 Å². The molecule has 186 valence electrons. The molecule has 2 rings (SSSR count). The second-order valence-electron chi connectivity index (χ2n) is 7.73. The lowest BCUT2D eigenvalue weighted by molar-refractivity contribution is -0.140. The molecule has 0 aromatic heterocycles. The summed E-state index contributed by atoms with van der Waals surface area (Å²) in [4.78, 5) is 27.7. The third kappa shape index (κ3) is 7.58. The Morgan fingerprint density at radius 2 is 1.74 bits per heavy atom. The number of benzene rings is 2. The number of nitrogens with zero attached hydrogens (tertiary/aromatic N) is 2. The lowest BCUT2D eigenvalue weighted by Gasteiger charge is -2.33. The molecule has 0 aliphatic heterocycles. The summed E-state index contributed by atoms with van der Waals surface area (Å²) in [5.41, 5.74) is 0.757. The summed E-state index contributed by atoms with van der Waals surface area (Å²) >= 11 is 11.8. The van der Waals surface area contributed by atoms with Crippen molar-refractivity contribution in [2.24, 2.45) is 0 Å². The van der Waals surface area contributed by atoms with Crippen molar-refractivity contribution in [1.29, 1.82) is 0 Å². The molecular weight excluding hydrogens is 504 g/mol. The monoisotopic (exact) mass is 531 g/mol. The van der Waals surface area contributed by atoms with E-state index in [2.05, 4.69) is 5.32 Å². The van der Waals surface area contributed by atoms with Crippen molar-refractivity contribution in [2.75, 3.05) is 23.7 Å². The minimum atomic E-state index is -3.93. The molecule has 0 heterocycles. The Morgan fingerprint density at radius 1 is 1.09 bits per heavy atom. The van der Waals surface area contributed by atoms with E-state index in [1.807, 2.05) is 6.92 Å². The fourth-order valence-corrected chi connectivity index (χ4v) is 4.47.